The lowest BCUT2D eigenvalue weighted by molar-refractivity contribution is 0.0295. The average Bonchev–Trinajstić information content (AvgIpc) is 3.15. The van der Waals surface area contributed by atoms with Gasteiger partial charge in [-0.15, -0.1) is 0 Å². The fourth-order valence-corrected chi connectivity index (χ4v) is 2.95. The minimum Gasteiger partial charge on any atom is -0.477 e. The Morgan fingerprint density at radius 3 is 2.64 bits per heavy atom. The second kappa shape index (κ2) is 5.57. The van der Waals surface area contributed by atoms with E-state index in [2.05, 4.69) is 4.98 Å². The molecule has 2 aromatic rings. The molecule has 0 spiro atoms. The zero-order valence-corrected chi connectivity index (χ0v) is 12.8. The second-order valence-electron chi connectivity index (χ2n) is 5.66. The first-order chi connectivity index (χ1) is 10.6. The predicted molar refractivity (Wildman–Crippen MR) is 82.0 cm³/mol. The van der Waals surface area contributed by atoms with Crippen molar-refractivity contribution in [2.45, 2.75) is 38.3 Å². The number of benzene rings is 1. The van der Waals surface area contributed by atoms with E-state index in [4.69, 9.17) is 4.74 Å². The van der Waals surface area contributed by atoms with Gasteiger partial charge in [0.1, 0.15) is 17.1 Å². The van der Waals surface area contributed by atoms with E-state index in [9.17, 15) is 9.90 Å². The van der Waals surface area contributed by atoms with Gasteiger partial charge < -0.3 is 14.4 Å². The number of ether oxygens (including phenoxy) is 1. The molecular weight excluding hydrogens is 280 g/mol. The maximum absolute atomic E-state index is 11.6. The Bertz CT molecular complexity index is 674. The highest BCUT2D eigenvalue weighted by atomic mass is 16.5. The summed E-state index contributed by atoms with van der Waals surface area (Å²) in [6.45, 7) is 4.54. The summed E-state index contributed by atoms with van der Waals surface area (Å²) < 4.78 is 7.68. The van der Waals surface area contributed by atoms with Crippen molar-refractivity contribution >= 4 is 5.97 Å². The maximum atomic E-state index is 11.6. The zero-order chi connectivity index (χ0) is 15.7. The normalized spacial score (nSPS) is 17.2. The summed E-state index contributed by atoms with van der Waals surface area (Å²) in [7, 11) is 0. The molecule has 1 heterocycles. The largest absolute Gasteiger partial charge is 0.477 e. The molecule has 1 aliphatic carbocycles. The van der Waals surface area contributed by atoms with Crippen LogP contribution in [0, 0.1) is 0 Å². The molecule has 116 valence electrons. The van der Waals surface area contributed by atoms with Crippen LogP contribution in [0.5, 0.6) is 0 Å². The van der Waals surface area contributed by atoms with Gasteiger partial charge in [0.2, 0.25) is 0 Å². The van der Waals surface area contributed by atoms with Gasteiger partial charge in [0.05, 0.1) is 12.2 Å². The molecule has 1 atom stereocenters. The van der Waals surface area contributed by atoms with Gasteiger partial charge in [0.25, 0.3) is 0 Å². The lowest BCUT2D eigenvalue weighted by Gasteiger charge is -2.23. The average molecular weight is 300 g/mol. The molecule has 0 saturated heterocycles. The number of hydrogen-bond donors (Lipinski definition) is 1. The lowest BCUT2D eigenvalue weighted by atomic mass is 10.1. The summed E-state index contributed by atoms with van der Waals surface area (Å²) in [5.74, 6) is -0.239. The minimum atomic E-state index is -0.964. The smallest absolute Gasteiger partial charge is 0.354 e. The fourth-order valence-electron chi connectivity index (χ4n) is 2.95. The molecule has 1 aromatic heterocycles. The number of imidazole rings is 1. The Labute approximate surface area is 129 Å². The fraction of sp³-hybridized carbons (Fsp3) is 0.412. The van der Waals surface area contributed by atoms with E-state index in [1.165, 1.54) is 6.20 Å². The van der Waals surface area contributed by atoms with Gasteiger partial charge in [-0.25, -0.2) is 9.78 Å². The van der Waals surface area contributed by atoms with E-state index in [1.807, 2.05) is 44.2 Å². The van der Waals surface area contributed by atoms with Crippen molar-refractivity contribution in [1.82, 2.24) is 9.55 Å². The summed E-state index contributed by atoms with van der Waals surface area (Å²) in [5.41, 5.74) is 0.847. The third-order valence-corrected chi connectivity index (χ3v) is 4.22. The van der Waals surface area contributed by atoms with Crippen LogP contribution in [0.2, 0.25) is 0 Å². The molecular formula is C17H20N2O3. The summed E-state index contributed by atoms with van der Waals surface area (Å²) in [6, 6.07) is 9.76. The molecule has 1 aromatic carbocycles. The summed E-state index contributed by atoms with van der Waals surface area (Å²) in [5, 5.41) is 9.49. The molecule has 5 heteroatoms. The zero-order valence-electron chi connectivity index (χ0n) is 12.8. The molecule has 1 aliphatic rings. The van der Waals surface area contributed by atoms with Gasteiger partial charge in [-0.1, -0.05) is 30.3 Å². The molecule has 0 unspecified atom stereocenters. The van der Waals surface area contributed by atoms with Crippen LogP contribution in [-0.2, 0) is 10.3 Å². The summed E-state index contributed by atoms with van der Waals surface area (Å²) >= 11 is 0. The van der Waals surface area contributed by atoms with E-state index < -0.39 is 11.6 Å². The Balaban J connectivity index is 2.08. The minimum absolute atomic E-state index is 0.109. The van der Waals surface area contributed by atoms with Crippen molar-refractivity contribution in [3.05, 3.63) is 53.6 Å². The van der Waals surface area contributed by atoms with Gasteiger partial charge in [-0.2, -0.15) is 0 Å². The number of rotatable bonds is 6. The number of carbonyl (C=O) groups is 1. The highest BCUT2D eigenvalue weighted by Gasteiger charge is 2.50. The van der Waals surface area contributed by atoms with Gasteiger partial charge in [0, 0.05) is 6.61 Å². The van der Waals surface area contributed by atoms with Crippen molar-refractivity contribution in [2.75, 3.05) is 6.61 Å². The Morgan fingerprint density at radius 1 is 1.41 bits per heavy atom. The topological polar surface area (TPSA) is 64.3 Å². The Kier molecular flexibility index (Phi) is 3.74. The van der Waals surface area contributed by atoms with Crippen molar-refractivity contribution in [2.24, 2.45) is 0 Å². The molecule has 0 bridgehead atoms. The van der Waals surface area contributed by atoms with Crippen LogP contribution in [0.25, 0.3) is 0 Å². The molecule has 0 amide bonds. The SMILES string of the molecule is CCOC1(c2ncc(C(=O)O)n2[C@H](C)c2ccccc2)CC1. The Hall–Kier alpha value is -2.14. The predicted octanol–water partition coefficient (Wildman–Crippen LogP) is 3.22. The van der Waals surface area contributed by atoms with E-state index in [0.29, 0.717) is 6.61 Å². The first-order valence-electron chi connectivity index (χ1n) is 7.59. The van der Waals surface area contributed by atoms with Crippen molar-refractivity contribution in [3.8, 4) is 0 Å². The maximum Gasteiger partial charge on any atom is 0.354 e. The number of nitrogens with zero attached hydrogens (tertiary/aromatic N) is 2. The van der Waals surface area contributed by atoms with Crippen LogP contribution in [0.1, 0.15) is 54.6 Å². The quantitative estimate of drug-likeness (QED) is 0.889. The highest BCUT2D eigenvalue weighted by molar-refractivity contribution is 5.85. The molecule has 3 rings (SSSR count). The molecule has 5 nitrogen and oxygen atoms in total. The van der Waals surface area contributed by atoms with E-state index >= 15 is 0 Å². The monoisotopic (exact) mass is 300 g/mol. The van der Waals surface area contributed by atoms with Crippen LogP contribution in [0.3, 0.4) is 0 Å². The molecule has 1 saturated carbocycles. The molecule has 1 N–H and O–H groups in total. The standard InChI is InChI=1S/C17H20N2O3/c1-3-22-17(9-10-17)16-18-11-14(15(20)21)19(16)12(2)13-7-5-4-6-8-13/h4-8,11-12H,3,9-10H2,1-2H3,(H,20,21)/t12-/m1/s1. The number of carboxylic acid groups (broad SMARTS) is 1. The van der Waals surface area contributed by atoms with Crippen molar-refractivity contribution in [3.63, 3.8) is 0 Å². The van der Waals surface area contributed by atoms with E-state index in [1.54, 1.807) is 4.57 Å². The lowest BCUT2D eigenvalue weighted by Crippen LogP contribution is -2.23. The van der Waals surface area contributed by atoms with Gasteiger partial charge >= 0.3 is 5.97 Å². The molecule has 22 heavy (non-hydrogen) atoms. The molecule has 0 aliphatic heterocycles. The van der Waals surface area contributed by atoms with Gasteiger partial charge in [-0.05, 0) is 32.3 Å². The van der Waals surface area contributed by atoms with Crippen LogP contribution >= 0.6 is 0 Å². The van der Waals surface area contributed by atoms with E-state index in [-0.39, 0.29) is 11.7 Å². The third kappa shape index (κ3) is 2.41. The van der Waals surface area contributed by atoms with Crippen LogP contribution in [-0.4, -0.2) is 27.2 Å². The van der Waals surface area contributed by atoms with Crippen molar-refractivity contribution < 1.29 is 14.6 Å². The molecule has 0 radical (unpaired) electrons. The first-order valence-corrected chi connectivity index (χ1v) is 7.59. The van der Waals surface area contributed by atoms with Crippen LogP contribution < -0.4 is 0 Å². The molecule has 1 fully saturated rings. The number of aromatic nitrogens is 2. The first kappa shape index (κ1) is 14.8. The van der Waals surface area contributed by atoms with E-state index in [0.717, 1.165) is 24.2 Å². The highest BCUT2D eigenvalue weighted by Crippen LogP contribution is 2.49. The Morgan fingerprint density at radius 2 is 2.09 bits per heavy atom. The third-order valence-electron chi connectivity index (χ3n) is 4.22. The summed E-state index contributed by atoms with van der Waals surface area (Å²) in [4.78, 5) is 16.0. The summed E-state index contributed by atoms with van der Waals surface area (Å²) in [6.07, 6.45) is 3.22. The number of carboxylic acids is 1. The van der Waals surface area contributed by atoms with Crippen LogP contribution in [0.15, 0.2) is 36.5 Å². The number of hydrogen-bond acceptors (Lipinski definition) is 3. The van der Waals surface area contributed by atoms with Gasteiger partial charge in [0.15, 0.2) is 0 Å². The second-order valence-corrected chi connectivity index (χ2v) is 5.66. The van der Waals surface area contributed by atoms with Crippen LogP contribution in [0.4, 0.5) is 0 Å². The number of aromatic carboxylic acids is 1. The van der Waals surface area contributed by atoms with Gasteiger partial charge in [-0.3, -0.25) is 0 Å². The van der Waals surface area contributed by atoms with Crippen molar-refractivity contribution in [1.29, 1.82) is 0 Å².